The van der Waals surface area contributed by atoms with Gasteiger partial charge in [-0.3, -0.25) is 4.79 Å². The van der Waals surface area contributed by atoms with Crippen molar-refractivity contribution < 1.29 is 18.0 Å². The smallest absolute Gasteiger partial charge is 0.368 e. The van der Waals surface area contributed by atoms with Crippen LogP contribution in [0.3, 0.4) is 0 Å². The van der Waals surface area contributed by atoms with E-state index in [1.54, 1.807) is 30.6 Å². The number of aryl methyl sites for hydroxylation is 1. The lowest BCUT2D eigenvalue weighted by Gasteiger charge is -2.11. The standard InChI is InChI=1S/C19H15F3N4O/c1-11-5-6-15(8-16(11)13-9-24-18(23)25-10-13)26-17(27)12-3-2-4-14(7-12)19(20,21)22/h2-10H,1H3,(H,26,27)(H2,23,24,25). The molecule has 1 aromatic heterocycles. The number of rotatable bonds is 3. The van der Waals surface area contributed by atoms with E-state index in [0.29, 0.717) is 11.3 Å². The fraction of sp³-hybridized carbons (Fsp3) is 0.105. The highest BCUT2D eigenvalue weighted by molar-refractivity contribution is 6.04. The van der Waals surface area contributed by atoms with Gasteiger partial charge in [0.2, 0.25) is 5.95 Å². The number of amides is 1. The second kappa shape index (κ2) is 7.06. The average molecular weight is 372 g/mol. The van der Waals surface area contributed by atoms with Crippen LogP contribution in [0.4, 0.5) is 24.8 Å². The van der Waals surface area contributed by atoms with E-state index in [9.17, 15) is 18.0 Å². The number of nitrogen functional groups attached to an aromatic ring is 1. The summed E-state index contributed by atoms with van der Waals surface area (Å²) in [4.78, 5) is 20.2. The van der Waals surface area contributed by atoms with Gasteiger partial charge in [-0.1, -0.05) is 12.1 Å². The predicted octanol–water partition coefficient (Wildman–Crippen LogP) is 4.31. The number of carbonyl (C=O) groups excluding carboxylic acids is 1. The van der Waals surface area contributed by atoms with Crippen LogP contribution < -0.4 is 11.1 Å². The van der Waals surface area contributed by atoms with E-state index in [2.05, 4.69) is 15.3 Å². The molecule has 1 amide bonds. The highest BCUT2D eigenvalue weighted by Gasteiger charge is 2.30. The highest BCUT2D eigenvalue weighted by atomic mass is 19.4. The Hall–Kier alpha value is -3.42. The molecule has 3 N–H and O–H groups in total. The van der Waals surface area contributed by atoms with E-state index in [4.69, 9.17) is 5.73 Å². The second-order valence-corrected chi connectivity index (χ2v) is 5.89. The molecule has 5 nitrogen and oxygen atoms in total. The molecule has 0 saturated heterocycles. The minimum atomic E-state index is -4.51. The molecular formula is C19H15F3N4O. The van der Waals surface area contributed by atoms with Crippen molar-refractivity contribution in [3.05, 3.63) is 71.5 Å². The summed E-state index contributed by atoms with van der Waals surface area (Å²) in [5, 5.41) is 2.61. The minimum Gasteiger partial charge on any atom is -0.368 e. The van der Waals surface area contributed by atoms with Crippen LogP contribution in [-0.4, -0.2) is 15.9 Å². The summed E-state index contributed by atoms with van der Waals surface area (Å²) >= 11 is 0. The molecule has 0 bridgehead atoms. The fourth-order valence-corrected chi connectivity index (χ4v) is 2.53. The first-order valence-electron chi connectivity index (χ1n) is 7.91. The molecule has 27 heavy (non-hydrogen) atoms. The van der Waals surface area contributed by atoms with Gasteiger partial charge in [-0.15, -0.1) is 0 Å². The van der Waals surface area contributed by atoms with Gasteiger partial charge in [0.15, 0.2) is 0 Å². The lowest BCUT2D eigenvalue weighted by Crippen LogP contribution is -2.14. The minimum absolute atomic E-state index is 0.0808. The van der Waals surface area contributed by atoms with Crippen molar-refractivity contribution in [1.82, 2.24) is 9.97 Å². The van der Waals surface area contributed by atoms with E-state index in [1.165, 1.54) is 12.1 Å². The number of hydrogen-bond acceptors (Lipinski definition) is 4. The molecule has 0 aliphatic heterocycles. The number of nitrogens with zero attached hydrogens (tertiary/aromatic N) is 2. The van der Waals surface area contributed by atoms with Gasteiger partial charge in [0.1, 0.15) is 0 Å². The third-order valence-electron chi connectivity index (χ3n) is 3.93. The summed E-state index contributed by atoms with van der Waals surface area (Å²) in [6.45, 7) is 1.88. The molecule has 3 aromatic rings. The molecule has 0 aliphatic carbocycles. The number of carbonyl (C=O) groups is 1. The maximum Gasteiger partial charge on any atom is 0.416 e. The van der Waals surface area contributed by atoms with E-state index >= 15 is 0 Å². The van der Waals surface area contributed by atoms with Crippen LogP contribution in [0.15, 0.2) is 54.9 Å². The lowest BCUT2D eigenvalue weighted by atomic mass is 10.0. The molecule has 0 aliphatic rings. The molecule has 0 radical (unpaired) electrons. The van der Waals surface area contributed by atoms with Gasteiger partial charge in [0, 0.05) is 29.2 Å². The largest absolute Gasteiger partial charge is 0.416 e. The fourth-order valence-electron chi connectivity index (χ4n) is 2.53. The van der Waals surface area contributed by atoms with Gasteiger partial charge in [0.05, 0.1) is 5.56 Å². The third-order valence-corrected chi connectivity index (χ3v) is 3.93. The lowest BCUT2D eigenvalue weighted by molar-refractivity contribution is -0.137. The van der Waals surface area contributed by atoms with E-state index in [1.807, 2.05) is 6.92 Å². The second-order valence-electron chi connectivity index (χ2n) is 5.89. The van der Waals surface area contributed by atoms with Gasteiger partial charge in [-0.25, -0.2) is 9.97 Å². The van der Waals surface area contributed by atoms with Crippen molar-refractivity contribution in [1.29, 1.82) is 0 Å². The van der Waals surface area contributed by atoms with E-state index < -0.39 is 17.6 Å². The number of benzene rings is 2. The van der Waals surface area contributed by atoms with Crippen LogP contribution in [0.1, 0.15) is 21.5 Å². The summed E-state index contributed by atoms with van der Waals surface area (Å²) in [5.74, 6) is -0.491. The Balaban J connectivity index is 1.87. The summed E-state index contributed by atoms with van der Waals surface area (Å²) in [7, 11) is 0. The van der Waals surface area contributed by atoms with Crippen LogP contribution in [0.5, 0.6) is 0 Å². The maximum absolute atomic E-state index is 12.8. The predicted molar refractivity (Wildman–Crippen MR) is 96.0 cm³/mol. The topological polar surface area (TPSA) is 80.9 Å². The first-order valence-corrected chi connectivity index (χ1v) is 7.91. The number of hydrogen-bond donors (Lipinski definition) is 2. The Morgan fingerprint density at radius 1 is 1.07 bits per heavy atom. The van der Waals surface area contributed by atoms with Gasteiger partial charge < -0.3 is 11.1 Å². The summed E-state index contributed by atoms with van der Waals surface area (Å²) in [5.41, 5.74) is 7.37. The molecule has 0 saturated carbocycles. The summed E-state index contributed by atoms with van der Waals surface area (Å²) in [6, 6.07) is 9.42. The van der Waals surface area contributed by atoms with Gasteiger partial charge >= 0.3 is 6.18 Å². The highest BCUT2D eigenvalue weighted by Crippen LogP contribution is 2.30. The Kier molecular flexibility index (Phi) is 4.81. The molecule has 0 unspecified atom stereocenters. The van der Waals surface area contributed by atoms with Gasteiger partial charge in [-0.2, -0.15) is 13.2 Å². The molecule has 1 heterocycles. The van der Waals surface area contributed by atoms with Gasteiger partial charge in [-0.05, 0) is 48.4 Å². The summed E-state index contributed by atoms with van der Waals surface area (Å²) in [6.07, 6.45) is -1.39. The van der Waals surface area contributed by atoms with Crippen LogP contribution in [0.25, 0.3) is 11.1 Å². The number of nitrogens with two attached hydrogens (primary N) is 1. The Bertz CT molecular complexity index is 985. The molecule has 138 valence electrons. The molecule has 0 atom stereocenters. The van der Waals surface area contributed by atoms with Crippen molar-refractivity contribution in [2.45, 2.75) is 13.1 Å². The third kappa shape index (κ3) is 4.22. The van der Waals surface area contributed by atoms with Crippen molar-refractivity contribution in [2.75, 3.05) is 11.1 Å². The normalized spacial score (nSPS) is 11.3. The Labute approximate surface area is 153 Å². The Morgan fingerprint density at radius 3 is 2.44 bits per heavy atom. The maximum atomic E-state index is 12.8. The molecule has 0 spiro atoms. The zero-order valence-corrected chi connectivity index (χ0v) is 14.2. The zero-order chi connectivity index (χ0) is 19.6. The molecular weight excluding hydrogens is 357 g/mol. The number of halogens is 3. The molecule has 8 heteroatoms. The Morgan fingerprint density at radius 2 is 1.78 bits per heavy atom. The van der Waals surface area contributed by atoms with Crippen molar-refractivity contribution >= 4 is 17.5 Å². The molecule has 2 aromatic carbocycles. The SMILES string of the molecule is Cc1ccc(NC(=O)c2cccc(C(F)(F)F)c2)cc1-c1cnc(N)nc1. The number of anilines is 2. The van der Waals surface area contributed by atoms with Crippen LogP contribution in [-0.2, 0) is 6.18 Å². The van der Waals surface area contributed by atoms with Gasteiger partial charge in [0.25, 0.3) is 5.91 Å². The number of nitrogens with one attached hydrogen (secondary N) is 1. The van der Waals surface area contributed by atoms with E-state index in [0.717, 1.165) is 23.3 Å². The van der Waals surface area contributed by atoms with Crippen molar-refractivity contribution in [3.8, 4) is 11.1 Å². The molecule has 0 fully saturated rings. The van der Waals surface area contributed by atoms with Crippen LogP contribution >= 0.6 is 0 Å². The van der Waals surface area contributed by atoms with Crippen LogP contribution in [0, 0.1) is 6.92 Å². The van der Waals surface area contributed by atoms with Crippen molar-refractivity contribution in [3.63, 3.8) is 0 Å². The van der Waals surface area contributed by atoms with Crippen LogP contribution in [0.2, 0.25) is 0 Å². The number of aromatic nitrogens is 2. The average Bonchev–Trinajstić information content (AvgIpc) is 2.63. The van der Waals surface area contributed by atoms with E-state index in [-0.39, 0.29) is 11.5 Å². The zero-order valence-electron chi connectivity index (χ0n) is 14.2. The van der Waals surface area contributed by atoms with Crippen molar-refractivity contribution in [2.24, 2.45) is 0 Å². The monoisotopic (exact) mass is 372 g/mol. The quantitative estimate of drug-likeness (QED) is 0.718. The molecule has 3 rings (SSSR count). The first-order chi connectivity index (χ1) is 12.7. The first kappa shape index (κ1) is 18.4. The summed E-state index contributed by atoms with van der Waals surface area (Å²) < 4.78 is 38.5. The number of alkyl halides is 3.